The van der Waals surface area contributed by atoms with Crippen LogP contribution in [0.5, 0.6) is 0 Å². The summed E-state index contributed by atoms with van der Waals surface area (Å²) in [7, 11) is 0. The zero-order valence-electron chi connectivity index (χ0n) is 19.5. The first-order valence-electron chi connectivity index (χ1n) is 11.1. The van der Waals surface area contributed by atoms with Crippen LogP contribution in [-0.4, -0.2) is 16.8 Å². The number of carbonyl (C=O) groups is 2. The monoisotopic (exact) mass is 499 g/mol. The van der Waals surface area contributed by atoms with Crippen LogP contribution in [0.25, 0.3) is 33.7 Å². The number of amides is 2. The second kappa shape index (κ2) is 9.63. The Kier molecular flexibility index (Phi) is 6.22. The number of hydrogen-bond acceptors (Lipinski definition) is 7. The number of nitrogens with one attached hydrogen (secondary N) is 2. The number of fused-ring (bicyclic) bond motifs is 1. The Labute approximate surface area is 209 Å². The van der Waals surface area contributed by atoms with Gasteiger partial charge in [-0.15, -0.1) is 11.3 Å². The van der Waals surface area contributed by atoms with E-state index in [0.717, 1.165) is 5.56 Å². The predicted molar refractivity (Wildman–Crippen MR) is 138 cm³/mol. The van der Waals surface area contributed by atoms with Gasteiger partial charge in [0.2, 0.25) is 5.91 Å². The number of aromatic nitrogens is 1. The normalized spacial score (nSPS) is 10.9. The highest BCUT2D eigenvalue weighted by Gasteiger charge is 2.19. The van der Waals surface area contributed by atoms with Gasteiger partial charge in [0.05, 0.1) is 17.5 Å². The molecule has 180 valence electrons. The molecule has 3 aromatic heterocycles. The zero-order chi connectivity index (χ0) is 25.2. The number of thiazole rings is 1. The molecule has 8 nitrogen and oxygen atoms in total. The van der Waals surface area contributed by atoms with Crippen molar-refractivity contribution in [3.63, 3.8) is 0 Å². The van der Waals surface area contributed by atoms with Crippen molar-refractivity contribution in [3.05, 3.63) is 93.2 Å². The summed E-state index contributed by atoms with van der Waals surface area (Å²) in [6.07, 6.45) is 0. The van der Waals surface area contributed by atoms with Crippen LogP contribution in [0.1, 0.15) is 28.6 Å². The molecule has 0 spiro atoms. The van der Waals surface area contributed by atoms with Crippen LogP contribution in [0.2, 0.25) is 0 Å². The Bertz CT molecular complexity index is 1650. The number of rotatable bonds is 6. The van der Waals surface area contributed by atoms with E-state index >= 15 is 0 Å². The number of carbonyl (C=O) groups excluding carboxylic acids is 2. The largest absolute Gasteiger partial charge is 0.458 e. The van der Waals surface area contributed by atoms with E-state index in [9.17, 15) is 14.4 Å². The summed E-state index contributed by atoms with van der Waals surface area (Å²) in [4.78, 5) is 41.8. The topological polar surface area (TPSA) is 114 Å². The predicted octanol–water partition coefficient (Wildman–Crippen LogP) is 5.37. The smallest absolute Gasteiger partial charge is 0.261 e. The molecule has 2 N–H and O–H groups in total. The van der Waals surface area contributed by atoms with Crippen LogP contribution < -0.4 is 16.1 Å². The molecule has 36 heavy (non-hydrogen) atoms. The summed E-state index contributed by atoms with van der Waals surface area (Å²) in [5, 5.41) is 7.92. The third-order valence-corrected chi connectivity index (χ3v) is 6.33. The lowest BCUT2D eigenvalue weighted by atomic mass is 10.0. The first-order valence-corrected chi connectivity index (χ1v) is 12.0. The molecule has 0 aliphatic rings. The van der Waals surface area contributed by atoms with Gasteiger partial charge in [-0.3, -0.25) is 19.7 Å². The average Bonchev–Trinajstić information content (AvgIpc) is 3.54. The van der Waals surface area contributed by atoms with E-state index in [2.05, 4.69) is 15.6 Å². The Balaban J connectivity index is 1.43. The van der Waals surface area contributed by atoms with E-state index in [4.69, 9.17) is 8.83 Å². The number of hydrogen-bond donors (Lipinski definition) is 2. The number of benzene rings is 2. The molecule has 0 atom stereocenters. The van der Waals surface area contributed by atoms with Gasteiger partial charge < -0.3 is 14.2 Å². The van der Waals surface area contributed by atoms with Crippen molar-refractivity contribution in [3.8, 4) is 22.8 Å². The molecule has 0 aliphatic carbocycles. The van der Waals surface area contributed by atoms with Crippen molar-refractivity contribution >= 4 is 39.3 Å². The maximum Gasteiger partial charge on any atom is 0.261 e. The summed E-state index contributed by atoms with van der Waals surface area (Å²) in [6, 6.07) is 17.7. The fourth-order valence-electron chi connectivity index (χ4n) is 3.78. The fraction of sp³-hybridized carbons (Fsp3) is 0.111. The highest BCUT2D eigenvalue weighted by atomic mass is 32.1. The van der Waals surface area contributed by atoms with Gasteiger partial charge in [0.15, 0.2) is 21.9 Å². The lowest BCUT2D eigenvalue weighted by molar-refractivity contribution is -0.119. The Morgan fingerprint density at radius 1 is 1.00 bits per heavy atom. The SMILES string of the molecule is CC(=O)NCc1ccc(-c2csc(NC(=O)c3cccc4c(=O)c(C)c(-c5ccccc5)oc34)n2)o1. The van der Waals surface area contributed by atoms with Crippen LogP contribution >= 0.6 is 11.3 Å². The second-order valence-corrected chi connectivity index (χ2v) is 8.96. The standard InChI is InChI=1S/C27H21N3O5S/c1-15-23(32)19-9-6-10-20(25(19)35-24(15)17-7-4-3-5-8-17)26(33)30-27-29-21(14-36-27)22-12-11-18(34-22)13-28-16(2)31/h3-12,14H,13H2,1-2H3,(H,28,31)(H,29,30,33). The molecule has 5 aromatic rings. The van der Waals surface area contributed by atoms with Gasteiger partial charge in [-0.1, -0.05) is 36.4 Å². The molecule has 0 radical (unpaired) electrons. The maximum atomic E-state index is 13.2. The van der Waals surface area contributed by atoms with Crippen molar-refractivity contribution in [2.45, 2.75) is 20.4 Å². The lowest BCUT2D eigenvalue weighted by Crippen LogP contribution is -2.18. The maximum absolute atomic E-state index is 13.2. The van der Waals surface area contributed by atoms with E-state index < -0.39 is 5.91 Å². The van der Waals surface area contributed by atoms with E-state index in [1.807, 2.05) is 30.3 Å². The molecule has 0 unspecified atom stereocenters. The number of anilines is 1. The minimum Gasteiger partial charge on any atom is -0.458 e. The van der Waals surface area contributed by atoms with Gasteiger partial charge in [-0.25, -0.2) is 4.98 Å². The number of furan rings is 1. The van der Waals surface area contributed by atoms with Gasteiger partial charge in [-0.05, 0) is 31.2 Å². The third-order valence-electron chi connectivity index (χ3n) is 5.58. The summed E-state index contributed by atoms with van der Waals surface area (Å²) in [6.45, 7) is 3.43. The molecule has 3 heterocycles. The summed E-state index contributed by atoms with van der Waals surface area (Å²) >= 11 is 1.24. The molecule has 9 heteroatoms. The number of nitrogens with zero attached hydrogens (tertiary/aromatic N) is 1. The summed E-state index contributed by atoms with van der Waals surface area (Å²) in [5.41, 5.74) is 2.05. The molecule has 0 saturated carbocycles. The molecule has 2 aromatic carbocycles. The van der Waals surface area contributed by atoms with Crippen LogP contribution in [0.3, 0.4) is 0 Å². The molecular weight excluding hydrogens is 478 g/mol. The minimum absolute atomic E-state index is 0.151. The second-order valence-electron chi connectivity index (χ2n) is 8.10. The first-order chi connectivity index (χ1) is 17.4. The third kappa shape index (κ3) is 4.56. The molecule has 0 saturated heterocycles. The minimum atomic E-state index is -0.446. The van der Waals surface area contributed by atoms with Crippen LogP contribution in [0.15, 0.2) is 79.7 Å². The van der Waals surface area contributed by atoms with Crippen molar-refractivity contribution in [2.75, 3.05) is 5.32 Å². The highest BCUT2D eigenvalue weighted by Crippen LogP contribution is 2.29. The Morgan fingerprint density at radius 3 is 2.58 bits per heavy atom. The van der Waals surface area contributed by atoms with E-state index in [-0.39, 0.29) is 29.0 Å². The van der Waals surface area contributed by atoms with Crippen molar-refractivity contribution in [1.82, 2.24) is 10.3 Å². The summed E-state index contributed by atoms with van der Waals surface area (Å²) < 4.78 is 11.9. The van der Waals surface area contributed by atoms with Crippen molar-refractivity contribution < 1.29 is 18.4 Å². The van der Waals surface area contributed by atoms with Gasteiger partial charge in [0.25, 0.3) is 5.91 Å². The molecule has 2 amide bonds. The van der Waals surface area contributed by atoms with Crippen molar-refractivity contribution in [1.29, 1.82) is 0 Å². The molecule has 0 aliphatic heterocycles. The van der Waals surface area contributed by atoms with E-state index in [1.54, 1.807) is 42.6 Å². The Morgan fingerprint density at radius 2 is 1.81 bits per heavy atom. The average molecular weight is 500 g/mol. The van der Waals surface area contributed by atoms with Gasteiger partial charge >= 0.3 is 0 Å². The van der Waals surface area contributed by atoms with Crippen LogP contribution in [0, 0.1) is 6.92 Å². The molecule has 0 bridgehead atoms. The Hall–Kier alpha value is -4.50. The summed E-state index contributed by atoms with van der Waals surface area (Å²) in [5.74, 6) is 0.943. The van der Waals surface area contributed by atoms with E-state index in [0.29, 0.717) is 39.1 Å². The molecule has 5 rings (SSSR count). The first kappa shape index (κ1) is 23.3. The quantitative estimate of drug-likeness (QED) is 0.324. The van der Waals surface area contributed by atoms with Crippen LogP contribution in [-0.2, 0) is 11.3 Å². The van der Waals surface area contributed by atoms with Gasteiger partial charge in [0, 0.05) is 23.4 Å². The zero-order valence-corrected chi connectivity index (χ0v) is 20.3. The van der Waals surface area contributed by atoms with Crippen molar-refractivity contribution in [2.24, 2.45) is 0 Å². The molecule has 0 fully saturated rings. The van der Waals surface area contributed by atoms with Gasteiger partial charge in [0.1, 0.15) is 17.2 Å². The van der Waals surface area contributed by atoms with Crippen LogP contribution in [0.4, 0.5) is 5.13 Å². The lowest BCUT2D eigenvalue weighted by Gasteiger charge is -2.10. The fourth-order valence-corrected chi connectivity index (χ4v) is 4.48. The number of para-hydroxylation sites is 1. The molecular formula is C27H21N3O5S. The van der Waals surface area contributed by atoms with E-state index in [1.165, 1.54) is 18.3 Å². The van der Waals surface area contributed by atoms with Gasteiger partial charge in [-0.2, -0.15) is 0 Å². The highest BCUT2D eigenvalue weighted by molar-refractivity contribution is 7.14.